The second-order valence-corrected chi connectivity index (χ2v) is 13.5. The molecule has 12 atom stereocenters. The molecule has 0 radical (unpaired) electrons. The number of fused-ring (bicyclic) bond motifs is 2. The van der Waals surface area contributed by atoms with Gasteiger partial charge in [0.25, 0.3) is 5.95 Å². The first-order chi connectivity index (χ1) is 20.1. The largest absolute Gasteiger partial charge is 0.458 e. The van der Waals surface area contributed by atoms with Gasteiger partial charge in [0.2, 0.25) is 0 Å². The van der Waals surface area contributed by atoms with Crippen LogP contribution in [0.25, 0.3) is 0 Å². The van der Waals surface area contributed by atoms with Crippen molar-refractivity contribution in [2.45, 2.75) is 129 Å². The second-order valence-electron chi connectivity index (χ2n) is 13.5. The molecule has 0 aromatic carbocycles. The van der Waals surface area contributed by atoms with Crippen molar-refractivity contribution in [2.75, 3.05) is 34.3 Å². The molecule has 0 aromatic rings. The van der Waals surface area contributed by atoms with Gasteiger partial charge < -0.3 is 44.7 Å². The molecule has 43 heavy (non-hydrogen) atoms. The Kier molecular flexibility index (Phi) is 11.9. The van der Waals surface area contributed by atoms with Crippen molar-refractivity contribution in [3.63, 3.8) is 0 Å². The van der Waals surface area contributed by atoms with Crippen molar-refractivity contribution < 1.29 is 38.4 Å². The van der Waals surface area contributed by atoms with Gasteiger partial charge in [-0.1, -0.05) is 27.7 Å². The Morgan fingerprint density at radius 2 is 1.79 bits per heavy atom. The summed E-state index contributed by atoms with van der Waals surface area (Å²) < 4.78 is 31.6. The van der Waals surface area contributed by atoms with E-state index in [0.717, 1.165) is 0 Å². The van der Waals surface area contributed by atoms with Gasteiger partial charge in [0.1, 0.15) is 18.0 Å². The van der Waals surface area contributed by atoms with E-state index in [-0.39, 0.29) is 36.1 Å². The molecular weight excluding hydrogens is 554 g/mol. The number of carbonyl (C=O) groups excluding carboxylic acids is 2. The maximum absolute atomic E-state index is 14.3. The van der Waals surface area contributed by atoms with Crippen LogP contribution in [0.3, 0.4) is 0 Å². The van der Waals surface area contributed by atoms with Crippen molar-refractivity contribution >= 4 is 11.6 Å². The molecule has 1 unspecified atom stereocenters. The van der Waals surface area contributed by atoms with Crippen LogP contribution in [0.2, 0.25) is 0 Å². The zero-order chi connectivity index (χ0) is 32.4. The third-order valence-electron chi connectivity index (χ3n) is 10.3. The zero-order valence-corrected chi connectivity index (χ0v) is 28.1. The lowest BCUT2D eigenvalue weighted by molar-refractivity contribution is -0.277. The number of ether oxygens (including phenoxy) is 5. The number of likely N-dealkylation sites (N-methyl/N-ethyl adjacent to an activating group) is 1. The minimum absolute atomic E-state index is 0.0140. The number of aliphatic hydroxyl groups is 1. The number of methoxy groups -OCH3 is 1. The number of allylic oxidation sites excluding steroid dienone is 1. The molecule has 3 aliphatic heterocycles. The summed E-state index contributed by atoms with van der Waals surface area (Å²) in [6.07, 6.45) is -1.77. The van der Waals surface area contributed by atoms with Crippen LogP contribution in [0, 0.1) is 17.8 Å². The standard InChI is InChI=1S/C32H57N3O8/c1-12-24-32(8)28(34-14-13-33)19(4)26(37)21(6)31(7,39-11)16-23(18(3)25(36)20(5)29(42-24)43-32)41-30-27(38)22(35(9)10)15-17(2)40-30/h17-19,21-24,27-28,30,34,38H,12-16,33H2,1-11H3/b29-20-/t17-,18-,19-,21+,22+,23+,24-,27-,28-,30?,31-,32+/m1/s1. The van der Waals surface area contributed by atoms with Gasteiger partial charge in [-0.05, 0) is 54.6 Å². The summed E-state index contributed by atoms with van der Waals surface area (Å²) >= 11 is 0. The monoisotopic (exact) mass is 611 g/mol. The molecule has 2 saturated heterocycles. The average Bonchev–Trinajstić information content (AvgIpc) is 3.32. The Balaban J connectivity index is 2.13. The number of ketones is 2. The molecule has 11 heteroatoms. The van der Waals surface area contributed by atoms with Gasteiger partial charge in [-0.15, -0.1) is 0 Å². The normalized spacial score (nSPS) is 44.8. The lowest BCUT2D eigenvalue weighted by Crippen LogP contribution is -2.61. The average molecular weight is 612 g/mol. The van der Waals surface area contributed by atoms with E-state index in [9.17, 15) is 14.7 Å². The van der Waals surface area contributed by atoms with Crippen molar-refractivity contribution in [2.24, 2.45) is 23.5 Å². The molecule has 4 N–H and O–H groups in total. The fourth-order valence-electron chi connectivity index (χ4n) is 7.04. The van der Waals surface area contributed by atoms with Gasteiger partial charge in [-0.25, -0.2) is 0 Å². The lowest BCUT2D eigenvalue weighted by Gasteiger charge is -2.45. The van der Waals surface area contributed by atoms with E-state index in [1.54, 1.807) is 21.0 Å². The Bertz CT molecular complexity index is 1020. The van der Waals surface area contributed by atoms with Crippen LogP contribution in [0.4, 0.5) is 0 Å². The third-order valence-corrected chi connectivity index (χ3v) is 10.3. The molecule has 3 aliphatic rings. The fraction of sp³-hybridized carbons (Fsp3) is 0.875. The summed E-state index contributed by atoms with van der Waals surface area (Å²) in [5.41, 5.74) is 4.28. The summed E-state index contributed by atoms with van der Waals surface area (Å²) in [5.74, 6) is -1.83. The highest BCUT2D eigenvalue weighted by Crippen LogP contribution is 2.43. The second kappa shape index (κ2) is 14.2. The highest BCUT2D eigenvalue weighted by Gasteiger charge is 2.56. The van der Waals surface area contributed by atoms with E-state index in [0.29, 0.717) is 31.5 Å². The smallest absolute Gasteiger partial charge is 0.287 e. The van der Waals surface area contributed by atoms with E-state index < -0.39 is 59.6 Å². The number of nitrogens with two attached hydrogens (primary N) is 1. The van der Waals surface area contributed by atoms with Crippen LogP contribution < -0.4 is 11.1 Å². The maximum atomic E-state index is 14.3. The Labute approximate surface area is 258 Å². The number of nitrogens with zero attached hydrogens (tertiary/aromatic N) is 1. The molecule has 2 fully saturated rings. The summed E-state index contributed by atoms with van der Waals surface area (Å²) in [5, 5.41) is 14.7. The minimum atomic E-state index is -0.994. The van der Waals surface area contributed by atoms with Crippen molar-refractivity contribution in [1.82, 2.24) is 10.2 Å². The van der Waals surface area contributed by atoms with E-state index in [1.165, 1.54) is 0 Å². The highest BCUT2D eigenvalue weighted by molar-refractivity contribution is 5.97. The number of nitrogens with one attached hydrogen (secondary N) is 1. The molecule has 0 spiro atoms. The van der Waals surface area contributed by atoms with Crippen molar-refractivity contribution in [1.29, 1.82) is 0 Å². The van der Waals surface area contributed by atoms with Crippen LogP contribution in [0.15, 0.2) is 11.5 Å². The topological polar surface area (TPSA) is 142 Å². The van der Waals surface area contributed by atoms with Crippen LogP contribution in [0.1, 0.15) is 74.7 Å². The van der Waals surface area contributed by atoms with Gasteiger partial charge in [0.15, 0.2) is 17.7 Å². The predicted octanol–water partition coefficient (Wildman–Crippen LogP) is 2.39. The highest BCUT2D eigenvalue weighted by atomic mass is 16.7. The lowest BCUT2D eigenvalue weighted by atomic mass is 9.72. The van der Waals surface area contributed by atoms with E-state index in [4.69, 9.17) is 29.4 Å². The molecule has 0 aliphatic carbocycles. The number of hydrogen-bond donors (Lipinski definition) is 3. The van der Waals surface area contributed by atoms with E-state index in [1.807, 2.05) is 60.5 Å². The summed E-state index contributed by atoms with van der Waals surface area (Å²) in [6, 6.07) is -0.631. The first-order valence-electron chi connectivity index (χ1n) is 15.8. The number of rotatable bonds is 8. The first-order valence-corrected chi connectivity index (χ1v) is 15.8. The van der Waals surface area contributed by atoms with Crippen LogP contribution in [-0.2, 0) is 33.3 Å². The minimum Gasteiger partial charge on any atom is -0.458 e. The maximum Gasteiger partial charge on any atom is 0.287 e. The summed E-state index contributed by atoms with van der Waals surface area (Å²) in [6.45, 7) is 15.9. The van der Waals surface area contributed by atoms with Crippen molar-refractivity contribution in [3.8, 4) is 0 Å². The zero-order valence-electron chi connectivity index (χ0n) is 28.1. The van der Waals surface area contributed by atoms with Gasteiger partial charge in [0.05, 0.1) is 29.4 Å². The number of carbonyl (C=O) groups is 2. The summed E-state index contributed by atoms with van der Waals surface area (Å²) in [7, 11) is 5.40. The Morgan fingerprint density at radius 1 is 1.14 bits per heavy atom. The van der Waals surface area contributed by atoms with Crippen molar-refractivity contribution in [3.05, 3.63) is 11.5 Å². The van der Waals surface area contributed by atoms with Gasteiger partial charge in [0, 0.05) is 50.4 Å². The molecule has 0 saturated carbocycles. The first kappa shape index (κ1) is 35.9. The molecule has 2 bridgehead atoms. The Hall–Kier alpha value is -1.60. The Morgan fingerprint density at radius 3 is 2.35 bits per heavy atom. The molecule has 3 rings (SSSR count). The van der Waals surface area contributed by atoms with Crippen LogP contribution in [0.5, 0.6) is 0 Å². The molecule has 0 aromatic heterocycles. The van der Waals surface area contributed by atoms with Crippen LogP contribution in [-0.4, -0.2) is 110 Å². The van der Waals surface area contributed by atoms with Crippen LogP contribution >= 0.6 is 0 Å². The van der Waals surface area contributed by atoms with E-state index >= 15 is 0 Å². The summed E-state index contributed by atoms with van der Waals surface area (Å²) in [4.78, 5) is 30.4. The SMILES string of the molecule is CC[C@H]1O/C2=C(\C)C(=O)[C@H](C)[C@@H](OC3O[C@H](C)C[C@H](N(C)C)[C@H]3O)C[C@@](C)(OC)[C@@H](C)C(=O)[C@@H](C)[C@@H](NCCN)[C@@]1(C)O2. The number of aliphatic hydroxyl groups excluding tert-OH is 1. The quantitative estimate of drug-likeness (QED) is 0.372. The van der Waals surface area contributed by atoms with Gasteiger partial charge >= 0.3 is 0 Å². The molecule has 0 amide bonds. The number of Topliss-reactive ketones (excluding diaryl/α,β-unsaturated/α-hetero) is 2. The van der Waals surface area contributed by atoms with E-state index in [2.05, 4.69) is 5.32 Å². The third kappa shape index (κ3) is 7.13. The molecular formula is C32H57N3O8. The molecule has 3 heterocycles. The molecule has 11 nitrogen and oxygen atoms in total. The molecule has 248 valence electrons. The van der Waals surface area contributed by atoms with Gasteiger partial charge in [-0.2, -0.15) is 0 Å². The van der Waals surface area contributed by atoms with Gasteiger partial charge in [-0.3, -0.25) is 9.59 Å². The predicted molar refractivity (Wildman–Crippen MR) is 163 cm³/mol. The fourth-order valence-corrected chi connectivity index (χ4v) is 7.04. The number of hydrogen-bond acceptors (Lipinski definition) is 11.